The highest BCUT2D eigenvalue weighted by Gasteiger charge is 2.44. The number of nitrogens with zero attached hydrogens (tertiary/aromatic N) is 1. The fraction of sp³-hybridized carbons (Fsp3) is 0.500. The third-order valence-corrected chi connectivity index (χ3v) is 4.03. The maximum Gasteiger partial charge on any atom is 0.264 e. The number of fused-ring (bicyclic) bond motifs is 1. The van der Waals surface area contributed by atoms with Crippen molar-refractivity contribution < 1.29 is 9.53 Å². The predicted molar refractivity (Wildman–Crippen MR) is 70.2 cm³/mol. The van der Waals surface area contributed by atoms with Crippen LogP contribution in [0.3, 0.4) is 0 Å². The lowest BCUT2D eigenvalue weighted by Gasteiger charge is -2.27. The topological polar surface area (TPSA) is 41.6 Å². The molecule has 1 aliphatic carbocycles. The monoisotopic (exact) mass is 246 g/mol. The van der Waals surface area contributed by atoms with Crippen LogP contribution in [0, 0.1) is 0 Å². The van der Waals surface area contributed by atoms with Crippen molar-refractivity contribution in [3.63, 3.8) is 0 Å². The van der Waals surface area contributed by atoms with Gasteiger partial charge in [0, 0.05) is 19.0 Å². The number of nitrogens with one attached hydrogen (secondary N) is 1. The van der Waals surface area contributed by atoms with Gasteiger partial charge in [-0.2, -0.15) is 0 Å². The molecular formula is C14H18N2O2. The van der Waals surface area contributed by atoms with E-state index in [1.807, 2.05) is 13.1 Å². The average molecular weight is 246 g/mol. The summed E-state index contributed by atoms with van der Waals surface area (Å²) in [6, 6.07) is 6.22. The molecule has 0 bridgehead atoms. The van der Waals surface area contributed by atoms with Gasteiger partial charge in [0.15, 0.2) is 6.61 Å². The van der Waals surface area contributed by atoms with Crippen LogP contribution in [0.4, 0.5) is 5.69 Å². The number of carbonyl (C=O) groups excluding carboxylic acids is 1. The van der Waals surface area contributed by atoms with Gasteiger partial charge in [-0.15, -0.1) is 0 Å². The summed E-state index contributed by atoms with van der Waals surface area (Å²) in [4.78, 5) is 13.2. The predicted octanol–water partition coefficient (Wildman–Crippen LogP) is 1.29. The molecule has 1 heterocycles. The quantitative estimate of drug-likeness (QED) is 0.874. The average Bonchev–Trinajstić information content (AvgIpc) is 3.15. The van der Waals surface area contributed by atoms with E-state index < -0.39 is 0 Å². The summed E-state index contributed by atoms with van der Waals surface area (Å²) in [5.41, 5.74) is 2.47. The van der Waals surface area contributed by atoms with Crippen LogP contribution in [-0.4, -0.2) is 33.2 Å². The molecule has 18 heavy (non-hydrogen) atoms. The van der Waals surface area contributed by atoms with Crippen LogP contribution in [0.15, 0.2) is 18.2 Å². The standard InChI is InChI=1S/C14H18N2O2/c1-15-9-14(5-6-14)10-3-4-11-12(7-10)18-8-13(17)16(11)2/h3-4,7,15H,5-6,8-9H2,1-2H3. The molecule has 1 N–H and O–H groups in total. The third kappa shape index (κ3) is 1.68. The van der Waals surface area contributed by atoms with Gasteiger partial charge in [0.1, 0.15) is 5.75 Å². The van der Waals surface area contributed by atoms with E-state index in [1.54, 1.807) is 11.9 Å². The molecule has 3 rings (SSSR count). The highest BCUT2D eigenvalue weighted by molar-refractivity contribution is 5.97. The summed E-state index contributed by atoms with van der Waals surface area (Å²) in [5, 5.41) is 3.26. The smallest absolute Gasteiger partial charge is 0.264 e. The minimum absolute atomic E-state index is 0.00612. The van der Waals surface area contributed by atoms with Crippen molar-refractivity contribution in [2.45, 2.75) is 18.3 Å². The molecule has 0 aromatic heterocycles. The number of amides is 1. The number of rotatable bonds is 3. The molecule has 0 unspecified atom stereocenters. The second-order valence-corrected chi connectivity index (χ2v) is 5.23. The molecular weight excluding hydrogens is 228 g/mol. The fourth-order valence-electron chi connectivity index (χ4n) is 2.66. The number of hydrogen-bond acceptors (Lipinski definition) is 3. The molecule has 0 spiro atoms. The first-order valence-electron chi connectivity index (χ1n) is 6.35. The molecule has 4 nitrogen and oxygen atoms in total. The fourth-order valence-corrected chi connectivity index (χ4v) is 2.66. The third-order valence-electron chi connectivity index (χ3n) is 4.03. The van der Waals surface area contributed by atoms with E-state index in [4.69, 9.17) is 4.74 Å². The van der Waals surface area contributed by atoms with Crippen LogP contribution in [0.2, 0.25) is 0 Å². The van der Waals surface area contributed by atoms with E-state index >= 15 is 0 Å². The van der Waals surface area contributed by atoms with E-state index in [0.717, 1.165) is 18.0 Å². The zero-order chi connectivity index (χ0) is 12.8. The van der Waals surface area contributed by atoms with Gasteiger partial charge in [0.2, 0.25) is 0 Å². The second kappa shape index (κ2) is 3.99. The van der Waals surface area contributed by atoms with Crippen molar-refractivity contribution in [2.75, 3.05) is 32.1 Å². The van der Waals surface area contributed by atoms with Crippen LogP contribution in [0.5, 0.6) is 5.75 Å². The number of carbonyl (C=O) groups is 1. The Labute approximate surface area is 107 Å². The molecule has 2 aliphatic rings. The Morgan fingerprint density at radius 3 is 2.89 bits per heavy atom. The first kappa shape index (κ1) is 11.5. The van der Waals surface area contributed by atoms with Gasteiger partial charge in [0.05, 0.1) is 5.69 Å². The van der Waals surface area contributed by atoms with Crippen molar-refractivity contribution in [2.24, 2.45) is 0 Å². The zero-order valence-corrected chi connectivity index (χ0v) is 10.8. The Morgan fingerprint density at radius 1 is 1.44 bits per heavy atom. The van der Waals surface area contributed by atoms with Gasteiger partial charge in [-0.3, -0.25) is 4.79 Å². The lowest BCUT2D eigenvalue weighted by Crippen LogP contribution is -2.35. The Kier molecular flexibility index (Phi) is 2.55. The first-order valence-corrected chi connectivity index (χ1v) is 6.35. The summed E-state index contributed by atoms with van der Waals surface area (Å²) in [5.74, 6) is 0.837. The summed E-state index contributed by atoms with van der Waals surface area (Å²) >= 11 is 0. The second-order valence-electron chi connectivity index (χ2n) is 5.23. The van der Waals surface area contributed by atoms with Crippen LogP contribution in [-0.2, 0) is 10.2 Å². The Balaban J connectivity index is 1.95. The van der Waals surface area contributed by atoms with Crippen molar-refractivity contribution in [3.8, 4) is 5.75 Å². The van der Waals surface area contributed by atoms with Crippen LogP contribution in [0.25, 0.3) is 0 Å². The summed E-state index contributed by atoms with van der Waals surface area (Å²) in [7, 11) is 3.78. The number of anilines is 1. The van der Waals surface area contributed by atoms with Gasteiger partial charge in [-0.25, -0.2) is 0 Å². The van der Waals surface area contributed by atoms with E-state index in [2.05, 4.69) is 17.4 Å². The molecule has 1 aromatic carbocycles. The van der Waals surface area contributed by atoms with Crippen LogP contribution < -0.4 is 15.0 Å². The largest absolute Gasteiger partial charge is 0.482 e. The van der Waals surface area contributed by atoms with E-state index in [1.165, 1.54) is 18.4 Å². The summed E-state index contributed by atoms with van der Waals surface area (Å²) < 4.78 is 5.54. The maximum absolute atomic E-state index is 11.5. The molecule has 1 aromatic rings. The van der Waals surface area contributed by atoms with Gasteiger partial charge in [-0.1, -0.05) is 6.07 Å². The first-order chi connectivity index (χ1) is 8.66. The summed E-state index contributed by atoms with van der Waals surface area (Å²) in [6.07, 6.45) is 2.45. The van der Waals surface area contributed by atoms with Gasteiger partial charge >= 0.3 is 0 Å². The normalized spacial score (nSPS) is 20.3. The highest BCUT2D eigenvalue weighted by Crippen LogP contribution is 2.49. The Hall–Kier alpha value is -1.55. The van der Waals surface area contributed by atoms with Gasteiger partial charge in [-0.05, 0) is 37.6 Å². The van der Waals surface area contributed by atoms with E-state index in [-0.39, 0.29) is 17.9 Å². The molecule has 0 saturated heterocycles. The van der Waals surface area contributed by atoms with E-state index in [9.17, 15) is 4.79 Å². The Morgan fingerprint density at radius 2 is 2.22 bits per heavy atom. The van der Waals surface area contributed by atoms with Crippen molar-refractivity contribution >= 4 is 11.6 Å². The zero-order valence-electron chi connectivity index (χ0n) is 10.8. The lowest BCUT2D eigenvalue weighted by atomic mass is 9.95. The Bertz CT molecular complexity index is 495. The minimum Gasteiger partial charge on any atom is -0.482 e. The number of ether oxygens (including phenoxy) is 1. The molecule has 1 aliphatic heterocycles. The SMILES string of the molecule is CNCC1(c2ccc3c(c2)OCC(=O)N3C)CC1. The van der Waals surface area contributed by atoms with Gasteiger partial charge < -0.3 is 15.0 Å². The minimum atomic E-state index is 0.00612. The molecule has 0 atom stereocenters. The van der Waals surface area contributed by atoms with Crippen molar-refractivity contribution in [3.05, 3.63) is 23.8 Å². The maximum atomic E-state index is 11.5. The molecule has 1 fully saturated rings. The highest BCUT2D eigenvalue weighted by atomic mass is 16.5. The summed E-state index contributed by atoms with van der Waals surface area (Å²) in [6.45, 7) is 1.15. The molecule has 1 amide bonds. The van der Waals surface area contributed by atoms with Gasteiger partial charge in [0.25, 0.3) is 5.91 Å². The number of benzene rings is 1. The molecule has 4 heteroatoms. The number of hydrogen-bond donors (Lipinski definition) is 1. The lowest BCUT2D eigenvalue weighted by molar-refractivity contribution is -0.120. The molecule has 96 valence electrons. The van der Waals surface area contributed by atoms with Crippen molar-refractivity contribution in [1.82, 2.24) is 5.32 Å². The van der Waals surface area contributed by atoms with Crippen LogP contribution >= 0.6 is 0 Å². The van der Waals surface area contributed by atoms with E-state index in [0.29, 0.717) is 0 Å². The number of likely N-dealkylation sites (N-methyl/N-ethyl adjacent to an activating group) is 2. The molecule has 1 saturated carbocycles. The molecule has 0 radical (unpaired) electrons. The van der Waals surface area contributed by atoms with Crippen LogP contribution in [0.1, 0.15) is 18.4 Å². The van der Waals surface area contributed by atoms with Crippen molar-refractivity contribution in [1.29, 1.82) is 0 Å².